The van der Waals surface area contributed by atoms with Crippen LogP contribution in [0.1, 0.15) is 16.7 Å². The molecule has 3 aromatic carbocycles. The summed E-state index contributed by atoms with van der Waals surface area (Å²) < 4.78 is 34.0. The summed E-state index contributed by atoms with van der Waals surface area (Å²) in [5.74, 6) is -1.14. The molecule has 1 atom stereocenters. The van der Waals surface area contributed by atoms with Gasteiger partial charge in [0.15, 0.2) is 4.75 Å². The number of aromatic hydroxyl groups is 2. The summed E-state index contributed by atoms with van der Waals surface area (Å²) in [5, 5.41) is 20.2. The van der Waals surface area contributed by atoms with Gasteiger partial charge in [-0.2, -0.15) is 8.42 Å². The second-order valence-electron chi connectivity index (χ2n) is 6.05. The van der Waals surface area contributed by atoms with E-state index in [1.54, 1.807) is 6.07 Å². The van der Waals surface area contributed by atoms with E-state index in [-0.39, 0.29) is 26.2 Å². The average Bonchev–Trinajstić information content (AvgIpc) is 2.62. The van der Waals surface area contributed by atoms with Gasteiger partial charge in [-0.15, -0.1) is 0 Å². The van der Waals surface area contributed by atoms with Crippen LogP contribution in [0.5, 0.6) is 11.5 Å². The summed E-state index contributed by atoms with van der Waals surface area (Å²) in [7, 11) is -5.17. The summed E-state index contributed by atoms with van der Waals surface area (Å²) in [6.45, 7) is 0. The number of hydrogen-bond donors (Lipinski definition) is 3. The number of hydrogen-bond acceptors (Lipinski definition) is 4. The molecule has 0 saturated carbocycles. The third-order valence-corrected chi connectivity index (χ3v) is 7.08. The van der Waals surface area contributed by atoms with Gasteiger partial charge in [-0.05, 0) is 30.3 Å². The maximum atomic E-state index is 13.0. The van der Waals surface area contributed by atoms with Gasteiger partial charge in [-0.25, -0.2) is 0 Å². The molecule has 10 heteroatoms. The first-order valence-electron chi connectivity index (χ1n) is 7.90. The number of halogens is 4. The number of rotatable bonds is 4. The van der Waals surface area contributed by atoms with E-state index in [1.165, 1.54) is 36.4 Å². The second-order valence-corrected chi connectivity index (χ2v) is 9.24. The molecule has 0 aliphatic rings. The van der Waals surface area contributed by atoms with Crippen LogP contribution in [0.4, 0.5) is 0 Å². The molecule has 0 radical (unpaired) electrons. The zero-order valence-electron chi connectivity index (χ0n) is 14.3. The van der Waals surface area contributed by atoms with Crippen molar-refractivity contribution >= 4 is 56.5 Å². The Morgan fingerprint density at radius 3 is 1.93 bits per heavy atom. The maximum absolute atomic E-state index is 13.0. The quantitative estimate of drug-likeness (QED) is 0.239. The topological polar surface area (TPSA) is 94.8 Å². The van der Waals surface area contributed by atoms with Crippen LogP contribution >= 0.6 is 46.4 Å². The molecule has 3 rings (SSSR count). The summed E-state index contributed by atoms with van der Waals surface area (Å²) in [4.78, 5) is 0. The fraction of sp³-hybridized carbons (Fsp3) is 0.0526. The highest BCUT2D eigenvalue weighted by atomic mass is 35.5. The van der Waals surface area contributed by atoms with E-state index >= 15 is 0 Å². The van der Waals surface area contributed by atoms with Crippen LogP contribution in [0.2, 0.25) is 20.1 Å². The van der Waals surface area contributed by atoms with Crippen molar-refractivity contribution in [2.24, 2.45) is 0 Å². The van der Waals surface area contributed by atoms with Gasteiger partial charge in [-0.1, -0.05) is 70.7 Å². The zero-order valence-corrected chi connectivity index (χ0v) is 18.1. The maximum Gasteiger partial charge on any atom is 0.283 e. The minimum absolute atomic E-state index is 0.0602. The lowest BCUT2D eigenvalue weighted by Crippen LogP contribution is -2.39. The third-order valence-electron chi connectivity index (χ3n) is 4.40. The Hall–Kier alpha value is -1.67. The predicted molar refractivity (Wildman–Crippen MR) is 114 cm³/mol. The molecule has 0 bridgehead atoms. The van der Waals surface area contributed by atoms with E-state index < -0.39 is 37.0 Å². The molecule has 0 amide bonds. The molecular weight excluding hydrogens is 482 g/mol. The Labute approximate surface area is 186 Å². The summed E-state index contributed by atoms with van der Waals surface area (Å²) in [6, 6.07) is 11.8. The molecule has 0 aliphatic carbocycles. The van der Waals surface area contributed by atoms with Crippen molar-refractivity contribution in [1.82, 2.24) is 0 Å². The summed E-state index contributed by atoms with van der Waals surface area (Å²) in [6.07, 6.45) is 0. The van der Waals surface area contributed by atoms with E-state index in [9.17, 15) is 23.2 Å². The molecule has 3 N–H and O–H groups in total. The first-order chi connectivity index (χ1) is 13.5. The standard InChI is InChI=1S/C19H12Cl4O5S/c20-10-5-6-12(14(22)9-10)19(29(26,27)28,11-3-1-2-4-13(11)21)17-15(24)7-8-16(25)18(17)23/h1-9,24-25H,(H,26,27,28). The van der Waals surface area contributed by atoms with Crippen molar-refractivity contribution in [2.45, 2.75) is 4.75 Å². The first kappa shape index (κ1) is 22.0. The van der Waals surface area contributed by atoms with Crippen molar-refractivity contribution < 1.29 is 23.2 Å². The molecule has 0 aromatic heterocycles. The fourth-order valence-electron chi connectivity index (χ4n) is 3.23. The zero-order chi connectivity index (χ0) is 21.6. The number of benzene rings is 3. The van der Waals surface area contributed by atoms with Crippen molar-refractivity contribution in [2.75, 3.05) is 0 Å². The van der Waals surface area contributed by atoms with Crippen LogP contribution in [-0.2, 0) is 14.9 Å². The monoisotopic (exact) mass is 492 g/mol. The van der Waals surface area contributed by atoms with Gasteiger partial charge in [0.25, 0.3) is 10.1 Å². The molecule has 0 saturated heterocycles. The highest BCUT2D eigenvalue weighted by Crippen LogP contribution is 2.54. The van der Waals surface area contributed by atoms with E-state index in [1.807, 2.05) is 0 Å². The Morgan fingerprint density at radius 2 is 1.34 bits per heavy atom. The van der Waals surface area contributed by atoms with Gasteiger partial charge < -0.3 is 10.2 Å². The Morgan fingerprint density at radius 1 is 0.759 bits per heavy atom. The Bertz CT molecular complexity index is 1210. The van der Waals surface area contributed by atoms with Gasteiger partial charge in [-0.3, -0.25) is 4.55 Å². The van der Waals surface area contributed by atoms with Crippen LogP contribution in [0, 0.1) is 0 Å². The van der Waals surface area contributed by atoms with Crippen molar-refractivity contribution in [3.05, 3.63) is 91.4 Å². The van der Waals surface area contributed by atoms with Gasteiger partial charge in [0.1, 0.15) is 11.5 Å². The number of phenols is 2. The molecule has 1 unspecified atom stereocenters. The number of phenolic OH excluding ortho intramolecular Hbond substituents is 2. The average molecular weight is 494 g/mol. The summed E-state index contributed by atoms with van der Waals surface area (Å²) >= 11 is 24.8. The van der Waals surface area contributed by atoms with Crippen LogP contribution in [0.15, 0.2) is 54.6 Å². The Kier molecular flexibility index (Phi) is 5.98. The summed E-state index contributed by atoms with van der Waals surface area (Å²) in [5.41, 5.74) is -0.836. The molecular formula is C19H12Cl4O5S. The van der Waals surface area contributed by atoms with Gasteiger partial charge >= 0.3 is 0 Å². The predicted octanol–water partition coefficient (Wildman–Crippen LogP) is 5.89. The van der Waals surface area contributed by atoms with Gasteiger partial charge in [0.05, 0.1) is 5.02 Å². The van der Waals surface area contributed by atoms with E-state index in [4.69, 9.17) is 46.4 Å². The highest BCUT2D eigenvalue weighted by molar-refractivity contribution is 7.87. The van der Waals surface area contributed by atoms with Crippen molar-refractivity contribution in [3.63, 3.8) is 0 Å². The molecule has 0 spiro atoms. The van der Waals surface area contributed by atoms with Crippen LogP contribution in [0.25, 0.3) is 0 Å². The second kappa shape index (κ2) is 7.87. The van der Waals surface area contributed by atoms with Crippen LogP contribution < -0.4 is 0 Å². The molecule has 0 aliphatic heterocycles. The minimum Gasteiger partial charge on any atom is -0.508 e. The normalized spacial score (nSPS) is 13.8. The van der Waals surface area contributed by atoms with Crippen molar-refractivity contribution in [1.29, 1.82) is 0 Å². The van der Waals surface area contributed by atoms with E-state index in [0.717, 1.165) is 12.1 Å². The SMILES string of the molecule is O=S(=O)(O)C(c1ccccc1Cl)(c1ccc(Cl)cc1Cl)c1c(O)ccc(O)c1Cl. The molecule has 29 heavy (non-hydrogen) atoms. The van der Waals surface area contributed by atoms with Gasteiger partial charge in [0.2, 0.25) is 0 Å². The lowest BCUT2D eigenvalue weighted by atomic mass is 9.83. The van der Waals surface area contributed by atoms with Gasteiger partial charge in [0, 0.05) is 31.8 Å². The molecule has 3 aromatic rings. The highest BCUT2D eigenvalue weighted by Gasteiger charge is 2.53. The molecule has 0 fully saturated rings. The first-order valence-corrected chi connectivity index (χ1v) is 10.9. The van der Waals surface area contributed by atoms with Crippen LogP contribution in [-0.4, -0.2) is 23.2 Å². The van der Waals surface area contributed by atoms with Crippen molar-refractivity contribution in [3.8, 4) is 11.5 Å². The lowest BCUT2D eigenvalue weighted by molar-refractivity contribution is 0.434. The van der Waals surface area contributed by atoms with E-state index in [0.29, 0.717) is 0 Å². The molecule has 5 nitrogen and oxygen atoms in total. The lowest BCUT2D eigenvalue weighted by Gasteiger charge is -2.34. The molecule has 152 valence electrons. The smallest absolute Gasteiger partial charge is 0.283 e. The minimum atomic E-state index is -5.17. The Balaban J connectivity index is 2.68. The third kappa shape index (κ3) is 3.54. The fourth-order valence-corrected chi connectivity index (χ4v) is 5.91. The largest absolute Gasteiger partial charge is 0.508 e. The van der Waals surface area contributed by atoms with E-state index in [2.05, 4.69) is 0 Å². The van der Waals surface area contributed by atoms with Crippen LogP contribution in [0.3, 0.4) is 0 Å². The molecule has 0 heterocycles.